The number of amides is 1. The lowest BCUT2D eigenvalue weighted by Crippen LogP contribution is -2.36. The molecular weight excluding hydrogens is 278 g/mol. The first-order valence-electron chi connectivity index (χ1n) is 6.77. The van der Waals surface area contributed by atoms with Gasteiger partial charge >= 0.3 is 5.97 Å². The summed E-state index contributed by atoms with van der Waals surface area (Å²) < 4.78 is 0. The number of halogens is 1. The van der Waals surface area contributed by atoms with Crippen LogP contribution in [0.25, 0.3) is 0 Å². The maximum atomic E-state index is 12.2. The number of benzene rings is 1. The van der Waals surface area contributed by atoms with Gasteiger partial charge in [-0.2, -0.15) is 0 Å². The van der Waals surface area contributed by atoms with Gasteiger partial charge in [0, 0.05) is 5.02 Å². The van der Waals surface area contributed by atoms with E-state index in [0.717, 1.165) is 12.0 Å². The summed E-state index contributed by atoms with van der Waals surface area (Å²) in [5, 5.41) is 12.7. The Hall–Kier alpha value is -1.55. The van der Waals surface area contributed by atoms with Crippen LogP contribution in [-0.4, -0.2) is 17.0 Å². The fourth-order valence-electron chi connectivity index (χ4n) is 2.72. The van der Waals surface area contributed by atoms with Crippen molar-refractivity contribution in [2.45, 2.75) is 32.2 Å². The molecule has 0 heterocycles. The van der Waals surface area contributed by atoms with E-state index in [1.807, 2.05) is 19.1 Å². The smallest absolute Gasteiger partial charge is 0.307 e. The molecule has 0 spiro atoms. The van der Waals surface area contributed by atoms with Crippen LogP contribution in [0.3, 0.4) is 0 Å². The molecule has 1 aromatic carbocycles. The van der Waals surface area contributed by atoms with E-state index < -0.39 is 17.8 Å². The quantitative estimate of drug-likeness (QED) is 0.897. The average Bonchev–Trinajstić information content (AvgIpc) is 2.88. The topological polar surface area (TPSA) is 66.4 Å². The van der Waals surface area contributed by atoms with Crippen molar-refractivity contribution in [2.75, 3.05) is 0 Å². The molecule has 3 atom stereocenters. The van der Waals surface area contributed by atoms with Gasteiger partial charge in [0.15, 0.2) is 0 Å². The van der Waals surface area contributed by atoms with Crippen LogP contribution in [-0.2, 0) is 9.59 Å². The Morgan fingerprint density at radius 3 is 2.45 bits per heavy atom. The Morgan fingerprint density at radius 1 is 1.25 bits per heavy atom. The molecule has 1 aliphatic rings. The second kappa shape index (κ2) is 6.27. The zero-order valence-electron chi connectivity index (χ0n) is 11.3. The fraction of sp³-hybridized carbons (Fsp3) is 0.467. The Balaban J connectivity index is 2.00. The Kier molecular flexibility index (Phi) is 4.65. The molecule has 2 rings (SSSR count). The van der Waals surface area contributed by atoms with Crippen LogP contribution in [0, 0.1) is 11.8 Å². The van der Waals surface area contributed by atoms with E-state index in [9.17, 15) is 9.59 Å². The van der Waals surface area contributed by atoms with Gasteiger partial charge in [0.05, 0.1) is 17.9 Å². The van der Waals surface area contributed by atoms with E-state index in [1.165, 1.54) is 0 Å². The normalized spacial score (nSPS) is 23.3. The van der Waals surface area contributed by atoms with Crippen LogP contribution in [0.15, 0.2) is 24.3 Å². The van der Waals surface area contributed by atoms with Gasteiger partial charge in [-0.25, -0.2) is 0 Å². The van der Waals surface area contributed by atoms with Crippen LogP contribution in [0.4, 0.5) is 0 Å². The lowest BCUT2D eigenvalue weighted by molar-refractivity contribution is -0.146. The summed E-state index contributed by atoms with van der Waals surface area (Å²) >= 11 is 5.83. The molecule has 0 bridgehead atoms. The van der Waals surface area contributed by atoms with E-state index >= 15 is 0 Å². The molecule has 1 amide bonds. The number of rotatable bonds is 4. The van der Waals surface area contributed by atoms with E-state index in [2.05, 4.69) is 5.32 Å². The molecule has 1 unspecified atom stereocenters. The van der Waals surface area contributed by atoms with E-state index in [-0.39, 0.29) is 11.9 Å². The molecule has 1 aliphatic carbocycles. The van der Waals surface area contributed by atoms with E-state index in [4.69, 9.17) is 16.7 Å². The number of nitrogens with one attached hydrogen (secondary N) is 1. The minimum absolute atomic E-state index is 0.158. The van der Waals surface area contributed by atoms with Gasteiger partial charge in [0.2, 0.25) is 5.91 Å². The molecule has 0 radical (unpaired) electrons. The van der Waals surface area contributed by atoms with Crippen LogP contribution in [0.1, 0.15) is 37.8 Å². The van der Waals surface area contributed by atoms with Gasteiger partial charge in [-0.3, -0.25) is 9.59 Å². The van der Waals surface area contributed by atoms with Crippen molar-refractivity contribution in [3.05, 3.63) is 34.9 Å². The highest BCUT2D eigenvalue weighted by Crippen LogP contribution is 2.32. The molecule has 4 nitrogen and oxygen atoms in total. The Labute approximate surface area is 123 Å². The maximum absolute atomic E-state index is 12.2. The lowest BCUT2D eigenvalue weighted by atomic mass is 9.94. The summed E-state index contributed by atoms with van der Waals surface area (Å²) in [5.74, 6) is -2.01. The third-order valence-corrected chi connectivity index (χ3v) is 4.15. The van der Waals surface area contributed by atoms with Gasteiger partial charge in [0.25, 0.3) is 0 Å². The third-order valence-electron chi connectivity index (χ3n) is 3.90. The van der Waals surface area contributed by atoms with Crippen LogP contribution < -0.4 is 5.32 Å². The van der Waals surface area contributed by atoms with Gasteiger partial charge in [-0.05, 0) is 37.5 Å². The zero-order valence-corrected chi connectivity index (χ0v) is 12.1. The molecule has 0 saturated heterocycles. The molecule has 0 aromatic heterocycles. The van der Waals surface area contributed by atoms with Crippen LogP contribution in [0.2, 0.25) is 5.02 Å². The molecule has 1 aromatic rings. The predicted molar refractivity (Wildman–Crippen MR) is 76.5 cm³/mol. The predicted octanol–water partition coefficient (Wildman–Crippen LogP) is 3.02. The number of hydrogen-bond acceptors (Lipinski definition) is 2. The first-order valence-corrected chi connectivity index (χ1v) is 7.15. The molecule has 0 aliphatic heterocycles. The van der Waals surface area contributed by atoms with Crippen molar-refractivity contribution in [1.82, 2.24) is 5.32 Å². The van der Waals surface area contributed by atoms with Crippen molar-refractivity contribution >= 4 is 23.5 Å². The zero-order chi connectivity index (χ0) is 14.7. The summed E-state index contributed by atoms with van der Waals surface area (Å²) in [4.78, 5) is 23.3. The summed E-state index contributed by atoms with van der Waals surface area (Å²) in [7, 11) is 0. The number of hydrogen-bond donors (Lipinski definition) is 2. The summed E-state index contributed by atoms with van der Waals surface area (Å²) in [6.45, 7) is 1.88. The highest BCUT2D eigenvalue weighted by molar-refractivity contribution is 6.30. The molecule has 20 heavy (non-hydrogen) atoms. The first-order chi connectivity index (χ1) is 9.49. The standard InChI is InChI=1S/C15H18ClNO3/c1-9(10-5-7-11(16)8-6-10)17-14(18)12-3-2-4-13(12)15(19)20/h5-9,12-13H,2-4H2,1H3,(H,17,18)(H,19,20)/t9?,12-,13+/m1/s1. The molecular formula is C15H18ClNO3. The van der Waals surface area contributed by atoms with E-state index in [1.54, 1.807) is 12.1 Å². The molecule has 1 fully saturated rings. The lowest BCUT2D eigenvalue weighted by Gasteiger charge is -2.20. The highest BCUT2D eigenvalue weighted by atomic mass is 35.5. The van der Waals surface area contributed by atoms with Crippen LogP contribution >= 0.6 is 11.6 Å². The third kappa shape index (κ3) is 3.31. The number of carboxylic acids is 1. The Morgan fingerprint density at radius 2 is 1.85 bits per heavy atom. The van der Waals surface area contributed by atoms with Crippen molar-refractivity contribution in [1.29, 1.82) is 0 Å². The average molecular weight is 296 g/mol. The van der Waals surface area contributed by atoms with Crippen molar-refractivity contribution in [3.8, 4) is 0 Å². The Bertz CT molecular complexity index is 500. The fourth-order valence-corrected chi connectivity index (χ4v) is 2.85. The number of aliphatic carboxylic acids is 1. The van der Waals surface area contributed by atoms with Gasteiger partial charge in [-0.15, -0.1) is 0 Å². The molecule has 108 valence electrons. The van der Waals surface area contributed by atoms with Crippen molar-refractivity contribution < 1.29 is 14.7 Å². The van der Waals surface area contributed by atoms with Crippen molar-refractivity contribution in [2.24, 2.45) is 11.8 Å². The number of carboxylic acid groups (broad SMARTS) is 1. The highest BCUT2D eigenvalue weighted by Gasteiger charge is 2.38. The minimum atomic E-state index is -0.873. The van der Waals surface area contributed by atoms with E-state index in [0.29, 0.717) is 17.9 Å². The summed E-state index contributed by atoms with van der Waals surface area (Å²) in [5.41, 5.74) is 0.952. The number of carbonyl (C=O) groups is 2. The summed E-state index contributed by atoms with van der Waals surface area (Å²) in [6, 6.07) is 7.10. The second-order valence-electron chi connectivity index (χ2n) is 5.26. The largest absolute Gasteiger partial charge is 0.481 e. The number of carbonyl (C=O) groups excluding carboxylic acids is 1. The minimum Gasteiger partial charge on any atom is -0.481 e. The molecule has 1 saturated carbocycles. The van der Waals surface area contributed by atoms with Gasteiger partial charge < -0.3 is 10.4 Å². The summed E-state index contributed by atoms with van der Waals surface area (Å²) in [6.07, 6.45) is 2.03. The molecule has 2 N–H and O–H groups in total. The SMILES string of the molecule is CC(NC(=O)[C@@H]1CCC[C@@H]1C(=O)O)c1ccc(Cl)cc1. The van der Waals surface area contributed by atoms with Crippen molar-refractivity contribution in [3.63, 3.8) is 0 Å². The maximum Gasteiger partial charge on any atom is 0.307 e. The molecule has 5 heteroatoms. The van der Waals surface area contributed by atoms with Gasteiger partial charge in [-0.1, -0.05) is 30.2 Å². The van der Waals surface area contributed by atoms with Gasteiger partial charge in [0.1, 0.15) is 0 Å². The monoisotopic (exact) mass is 295 g/mol. The first kappa shape index (κ1) is 14.9. The second-order valence-corrected chi connectivity index (χ2v) is 5.70. The van der Waals surface area contributed by atoms with Crippen LogP contribution in [0.5, 0.6) is 0 Å².